The van der Waals surface area contributed by atoms with Crippen LogP contribution in [0.5, 0.6) is 0 Å². The standard InChI is InChI=1S/C3H6NO3PS2/c5-3-4(1-2-10-3)8(6,7)9/h1-2H2,(H2,6,7,9)/p-2. The Balaban J connectivity index is 2.74. The molecule has 0 spiro atoms. The molecular weight excluding hydrogens is 193 g/mol. The highest BCUT2D eigenvalue weighted by Crippen LogP contribution is 2.37. The summed E-state index contributed by atoms with van der Waals surface area (Å²) in [6.07, 6.45) is 0. The molecule has 4 nitrogen and oxygen atoms in total. The molecule has 0 aromatic rings. The molecule has 0 N–H and O–H groups in total. The maximum Gasteiger partial charge on any atom is 0.283 e. The van der Waals surface area contributed by atoms with Gasteiger partial charge in [0, 0.05) is 12.3 Å². The van der Waals surface area contributed by atoms with Crippen molar-refractivity contribution in [1.29, 1.82) is 0 Å². The summed E-state index contributed by atoms with van der Waals surface area (Å²) in [5, 5.41) is -0.451. The van der Waals surface area contributed by atoms with E-state index < -0.39 is 11.9 Å². The Kier molecular flexibility index (Phi) is 2.37. The normalized spacial score (nSPS) is 20.2. The smallest absolute Gasteiger partial charge is 0.283 e. The number of amides is 1. The zero-order valence-electron chi connectivity index (χ0n) is 4.85. The molecule has 1 aliphatic rings. The molecule has 0 aliphatic carbocycles. The first-order valence-electron chi connectivity index (χ1n) is 2.48. The number of hydrogen-bond acceptors (Lipinski definition) is 5. The van der Waals surface area contributed by atoms with E-state index >= 15 is 0 Å². The number of rotatable bonds is 1. The zero-order chi connectivity index (χ0) is 7.78. The molecule has 1 heterocycles. The third kappa shape index (κ3) is 1.71. The van der Waals surface area contributed by atoms with E-state index in [1.165, 1.54) is 0 Å². The van der Waals surface area contributed by atoms with Crippen LogP contribution >= 0.6 is 18.4 Å². The second-order valence-electron chi connectivity index (χ2n) is 1.71. The molecule has 0 unspecified atom stereocenters. The fourth-order valence-corrected chi connectivity index (χ4v) is 3.09. The molecule has 0 aromatic heterocycles. The van der Waals surface area contributed by atoms with Gasteiger partial charge in [0.15, 0.2) is 0 Å². The third-order valence-corrected chi connectivity index (χ3v) is 3.59. The van der Waals surface area contributed by atoms with E-state index in [4.69, 9.17) is 0 Å². The summed E-state index contributed by atoms with van der Waals surface area (Å²) >= 11 is 5.09. The fraction of sp³-hybridized carbons (Fsp3) is 0.667. The van der Waals surface area contributed by atoms with Crippen molar-refractivity contribution in [1.82, 2.24) is 4.67 Å². The number of thioether (sulfide) groups is 1. The number of carbonyl (C=O) groups is 1. The lowest BCUT2D eigenvalue weighted by molar-refractivity contribution is -0.305. The molecule has 1 amide bonds. The van der Waals surface area contributed by atoms with E-state index in [1.807, 2.05) is 0 Å². The molecule has 0 saturated carbocycles. The molecular formula is C3H4NO3PS2-2. The minimum absolute atomic E-state index is 0.230. The summed E-state index contributed by atoms with van der Waals surface area (Å²) in [5.74, 6) is 0.516. The molecule has 1 aliphatic heterocycles. The van der Waals surface area contributed by atoms with E-state index in [-0.39, 0.29) is 6.54 Å². The van der Waals surface area contributed by atoms with Gasteiger partial charge in [-0.1, -0.05) is 11.8 Å². The highest BCUT2D eigenvalue weighted by atomic mass is 32.5. The van der Waals surface area contributed by atoms with Crippen molar-refractivity contribution in [3.63, 3.8) is 0 Å². The van der Waals surface area contributed by atoms with Gasteiger partial charge in [-0.25, -0.2) is 0 Å². The first-order valence-corrected chi connectivity index (χ1v) is 6.06. The van der Waals surface area contributed by atoms with Gasteiger partial charge in [-0.05, 0) is 0 Å². The Labute approximate surface area is 67.4 Å². The van der Waals surface area contributed by atoms with E-state index in [0.717, 1.165) is 16.4 Å². The van der Waals surface area contributed by atoms with Crippen molar-refractivity contribution in [2.24, 2.45) is 0 Å². The molecule has 1 saturated heterocycles. The second-order valence-corrected chi connectivity index (χ2v) is 5.56. The quantitative estimate of drug-likeness (QED) is 0.510. The molecule has 1 fully saturated rings. The summed E-state index contributed by atoms with van der Waals surface area (Å²) in [6, 6.07) is 0. The van der Waals surface area contributed by atoms with Gasteiger partial charge in [0.1, 0.15) is 0 Å². The van der Waals surface area contributed by atoms with Crippen LogP contribution < -0.4 is 9.79 Å². The highest BCUT2D eigenvalue weighted by Gasteiger charge is 2.20. The molecule has 0 bridgehead atoms. The largest absolute Gasteiger partial charge is 0.817 e. The van der Waals surface area contributed by atoms with Crippen molar-refractivity contribution in [2.45, 2.75) is 0 Å². The fourth-order valence-electron chi connectivity index (χ4n) is 0.608. The van der Waals surface area contributed by atoms with Gasteiger partial charge in [0.05, 0.1) is 0 Å². The van der Waals surface area contributed by atoms with Crippen LogP contribution in [0.4, 0.5) is 4.79 Å². The van der Waals surface area contributed by atoms with Crippen LogP contribution in [-0.4, -0.2) is 22.2 Å². The topological polar surface area (TPSA) is 66.4 Å². The van der Waals surface area contributed by atoms with Gasteiger partial charge in [0.25, 0.3) is 5.24 Å². The van der Waals surface area contributed by atoms with Crippen molar-refractivity contribution in [3.05, 3.63) is 0 Å². The van der Waals surface area contributed by atoms with Crippen molar-refractivity contribution < 1.29 is 14.6 Å². The molecule has 1 rings (SSSR count). The lowest BCUT2D eigenvalue weighted by Gasteiger charge is -2.43. The van der Waals surface area contributed by atoms with Gasteiger partial charge in [0.2, 0.25) is 0 Å². The summed E-state index contributed by atoms with van der Waals surface area (Å²) in [7, 11) is 0. The van der Waals surface area contributed by atoms with Crippen LogP contribution in [0.25, 0.3) is 0 Å². The minimum Gasteiger partial charge on any atom is -0.817 e. The monoisotopic (exact) mass is 197 g/mol. The number of nitrogens with zero attached hydrogens (tertiary/aromatic N) is 1. The lowest BCUT2D eigenvalue weighted by atomic mass is 10.8. The maximum atomic E-state index is 10.7. The van der Waals surface area contributed by atoms with Crippen molar-refractivity contribution >= 4 is 35.5 Å². The van der Waals surface area contributed by atoms with Gasteiger partial charge in [-0.15, -0.1) is 18.4 Å². The maximum absolute atomic E-state index is 10.7. The first kappa shape index (κ1) is 8.49. The summed E-state index contributed by atoms with van der Waals surface area (Å²) in [6.45, 7) is -3.74. The summed E-state index contributed by atoms with van der Waals surface area (Å²) in [4.78, 5) is 31.8. The Morgan fingerprint density at radius 1 is 1.70 bits per heavy atom. The minimum atomic E-state index is -3.97. The summed E-state index contributed by atoms with van der Waals surface area (Å²) in [5.41, 5.74) is 0. The van der Waals surface area contributed by atoms with E-state index in [1.54, 1.807) is 0 Å². The van der Waals surface area contributed by atoms with E-state index in [2.05, 4.69) is 11.8 Å². The predicted molar refractivity (Wildman–Crippen MR) is 38.8 cm³/mol. The Hall–Kier alpha value is 0.390. The average Bonchev–Trinajstić information content (AvgIpc) is 2.11. The third-order valence-electron chi connectivity index (χ3n) is 1.04. The first-order chi connectivity index (χ1) is 4.52. The molecule has 7 heteroatoms. The van der Waals surface area contributed by atoms with Crippen LogP contribution in [0.3, 0.4) is 0 Å². The lowest BCUT2D eigenvalue weighted by Crippen LogP contribution is -2.32. The molecule has 58 valence electrons. The second kappa shape index (κ2) is 2.79. The SMILES string of the molecule is O=C1SCCN1P([O-])([O-])=S. The van der Waals surface area contributed by atoms with Crippen LogP contribution in [-0.2, 0) is 11.8 Å². The molecule has 0 radical (unpaired) electrons. The Morgan fingerprint density at radius 3 is 2.50 bits per heavy atom. The molecule has 10 heavy (non-hydrogen) atoms. The van der Waals surface area contributed by atoms with Crippen LogP contribution in [0.2, 0.25) is 0 Å². The highest BCUT2D eigenvalue weighted by molar-refractivity contribution is 8.15. The van der Waals surface area contributed by atoms with Crippen LogP contribution in [0, 0.1) is 0 Å². The van der Waals surface area contributed by atoms with Gasteiger partial charge in [-0.2, -0.15) is 0 Å². The molecule has 0 atom stereocenters. The van der Waals surface area contributed by atoms with Crippen LogP contribution in [0.1, 0.15) is 0 Å². The Bertz CT molecular complexity index is 202. The van der Waals surface area contributed by atoms with Gasteiger partial charge in [-0.3, -0.25) is 4.79 Å². The average molecular weight is 197 g/mol. The van der Waals surface area contributed by atoms with E-state index in [9.17, 15) is 14.6 Å². The molecule has 0 aromatic carbocycles. The van der Waals surface area contributed by atoms with Crippen molar-refractivity contribution in [3.8, 4) is 0 Å². The van der Waals surface area contributed by atoms with E-state index in [0.29, 0.717) is 5.75 Å². The number of hydrogen-bond donors (Lipinski definition) is 0. The van der Waals surface area contributed by atoms with Crippen LogP contribution in [0.15, 0.2) is 0 Å². The predicted octanol–water partition coefficient (Wildman–Crippen LogP) is -0.900. The van der Waals surface area contributed by atoms with Gasteiger partial charge >= 0.3 is 0 Å². The zero-order valence-corrected chi connectivity index (χ0v) is 7.38. The Morgan fingerprint density at radius 2 is 2.30 bits per heavy atom. The summed E-state index contributed by atoms with van der Waals surface area (Å²) < 4.78 is 0.729. The van der Waals surface area contributed by atoms with Crippen molar-refractivity contribution in [2.75, 3.05) is 12.3 Å². The number of carbonyl (C=O) groups excluding carboxylic acids is 1. The van der Waals surface area contributed by atoms with Gasteiger partial charge < -0.3 is 14.5 Å².